The highest BCUT2D eigenvalue weighted by molar-refractivity contribution is 9.09. The van der Waals surface area contributed by atoms with E-state index in [1.54, 1.807) is 0 Å². The summed E-state index contributed by atoms with van der Waals surface area (Å²) in [7, 11) is 1.91. The second kappa shape index (κ2) is 4.65. The van der Waals surface area contributed by atoms with E-state index in [1.165, 1.54) is 12.8 Å². The molecule has 14 heavy (non-hydrogen) atoms. The van der Waals surface area contributed by atoms with Crippen molar-refractivity contribution in [3.63, 3.8) is 0 Å². The molecule has 1 unspecified atom stereocenters. The lowest BCUT2D eigenvalue weighted by Gasteiger charge is -2.32. The van der Waals surface area contributed by atoms with Crippen LogP contribution >= 0.6 is 15.9 Å². The van der Waals surface area contributed by atoms with Crippen LogP contribution in [0.4, 0.5) is 0 Å². The molecule has 0 bridgehead atoms. The molecule has 0 aromatic rings. The minimum Gasteiger partial charge on any atom is -0.342 e. The van der Waals surface area contributed by atoms with Crippen LogP contribution in [0.3, 0.4) is 0 Å². The zero-order valence-electron chi connectivity index (χ0n) is 9.35. The lowest BCUT2D eigenvalue weighted by atomic mass is 9.87. The van der Waals surface area contributed by atoms with Crippen LogP contribution in [0.1, 0.15) is 39.5 Å². The lowest BCUT2D eigenvalue weighted by Crippen LogP contribution is -2.44. The van der Waals surface area contributed by atoms with E-state index in [0.29, 0.717) is 11.9 Å². The summed E-state index contributed by atoms with van der Waals surface area (Å²) in [5.41, 5.74) is -0.0782. The van der Waals surface area contributed by atoms with Crippen molar-refractivity contribution in [2.45, 2.75) is 45.6 Å². The summed E-state index contributed by atoms with van der Waals surface area (Å²) >= 11 is 3.42. The molecule has 1 rings (SSSR count). The third kappa shape index (κ3) is 2.30. The maximum Gasteiger partial charge on any atom is 0.228 e. The average molecular weight is 262 g/mol. The maximum atomic E-state index is 12.2. The van der Waals surface area contributed by atoms with Crippen molar-refractivity contribution in [1.82, 2.24) is 4.90 Å². The van der Waals surface area contributed by atoms with Crippen LogP contribution in [0, 0.1) is 5.41 Å². The number of amides is 1. The summed E-state index contributed by atoms with van der Waals surface area (Å²) in [6.07, 6.45) is 4.54. The van der Waals surface area contributed by atoms with Gasteiger partial charge in [0, 0.05) is 23.8 Å². The van der Waals surface area contributed by atoms with E-state index in [4.69, 9.17) is 0 Å². The van der Waals surface area contributed by atoms with Crippen molar-refractivity contribution in [2.24, 2.45) is 5.41 Å². The predicted octanol–water partition coefficient (Wildman–Crippen LogP) is 2.81. The minimum absolute atomic E-state index is 0.0782. The third-order valence-corrected chi connectivity index (χ3v) is 4.37. The van der Waals surface area contributed by atoms with Gasteiger partial charge in [0.15, 0.2) is 0 Å². The first-order valence-corrected chi connectivity index (χ1v) is 6.46. The standard InChI is InChI=1S/C11H20BrNO/c1-9(8-12)13(3)10(14)11(2)6-4-5-7-11/h9H,4-8H2,1-3H3. The molecule has 2 nitrogen and oxygen atoms in total. The molecule has 0 radical (unpaired) electrons. The molecular formula is C11H20BrNO. The van der Waals surface area contributed by atoms with Gasteiger partial charge in [-0.25, -0.2) is 0 Å². The molecule has 1 fully saturated rings. The quantitative estimate of drug-likeness (QED) is 0.716. The van der Waals surface area contributed by atoms with Crippen molar-refractivity contribution in [3.05, 3.63) is 0 Å². The fourth-order valence-electron chi connectivity index (χ4n) is 2.10. The van der Waals surface area contributed by atoms with Gasteiger partial charge in [-0.2, -0.15) is 0 Å². The average Bonchev–Trinajstić information content (AvgIpc) is 2.63. The van der Waals surface area contributed by atoms with Crippen LogP contribution < -0.4 is 0 Å². The molecule has 0 aromatic heterocycles. The third-order valence-electron chi connectivity index (χ3n) is 3.43. The van der Waals surface area contributed by atoms with Crippen molar-refractivity contribution in [3.8, 4) is 0 Å². The fourth-order valence-corrected chi connectivity index (χ4v) is 2.53. The maximum absolute atomic E-state index is 12.2. The van der Waals surface area contributed by atoms with Gasteiger partial charge in [-0.15, -0.1) is 0 Å². The van der Waals surface area contributed by atoms with E-state index >= 15 is 0 Å². The van der Waals surface area contributed by atoms with Crippen LogP contribution in [-0.2, 0) is 4.79 Å². The molecule has 1 aliphatic carbocycles. The number of alkyl halides is 1. The molecule has 0 spiro atoms. The second-order valence-electron chi connectivity index (χ2n) is 4.69. The molecule has 3 heteroatoms. The fraction of sp³-hybridized carbons (Fsp3) is 0.909. The Bertz CT molecular complexity index is 211. The van der Waals surface area contributed by atoms with Gasteiger partial charge in [0.2, 0.25) is 5.91 Å². The van der Waals surface area contributed by atoms with Crippen LogP contribution in [0.15, 0.2) is 0 Å². The highest BCUT2D eigenvalue weighted by Gasteiger charge is 2.38. The van der Waals surface area contributed by atoms with E-state index in [0.717, 1.165) is 18.2 Å². The van der Waals surface area contributed by atoms with Crippen LogP contribution in [0.2, 0.25) is 0 Å². The summed E-state index contributed by atoms with van der Waals surface area (Å²) in [6, 6.07) is 0.292. The van der Waals surface area contributed by atoms with E-state index in [9.17, 15) is 4.79 Å². The first kappa shape index (κ1) is 12.0. The van der Waals surface area contributed by atoms with Crippen LogP contribution in [0.5, 0.6) is 0 Å². The van der Waals surface area contributed by atoms with Gasteiger partial charge in [-0.3, -0.25) is 4.79 Å². The van der Waals surface area contributed by atoms with Gasteiger partial charge in [0.05, 0.1) is 0 Å². The van der Waals surface area contributed by atoms with E-state index in [2.05, 4.69) is 29.8 Å². The Hall–Kier alpha value is -0.0500. The summed E-state index contributed by atoms with van der Waals surface area (Å²) in [5, 5.41) is 0.852. The molecule has 1 saturated carbocycles. The number of carbonyl (C=O) groups is 1. The molecule has 1 atom stereocenters. The van der Waals surface area contributed by atoms with E-state index in [-0.39, 0.29) is 5.41 Å². The van der Waals surface area contributed by atoms with Crippen LogP contribution in [0.25, 0.3) is 0 Å². The number of hydrogen-bond acceptors (Lipinski definition) is 1. The molecule has 0 N–H and O–H groups in total. The molecular weight excluding hydrogens is 242 g/mol. The van der Waals surface area contributed by atoms with E-state index < -0.39 is 0 Å². The van der Waals surface area contributed by atoms with Crippen molar-refractivity contribution < 1.29 is 4.79 Å². The largest absolute Gasteiger partial charge is 0.342 e. The molecule has 0 saturated heterocycles. The van der Waals surface area contributed by atoms with Crippen LogP contribution in [-0.4, -0.2) is 29.2 Å². The first-order valence-electron chi connectivity index (χ1n) is 5.34. The Kier molecular flexibility index (Phi) is 3.99. The van der Waals surface area contributed by atoms with Crippen molar-refractivity contribution >= 4 is 21.8 Å². The Morgan fingerprint density at radius 2 is 2.00 bits per heavy atom. The summed E-state index contributed by atoms with van der Waals surface area (Å²) in [6.45, 7) is 4.19. The topological polar surface area (TPSA) is 20.3 Å². The van der Waals surface area contributed by atoms with Crippen molar-refractivity contribution in [1.29, 1.82) is 0 Å². The summed E-state index contributed by atoms with van der Waals surface area (Å²) in [4.78, 5) is 14.1. The number of halogens is 1. The van der Waals surface area contributed by atoms with Gasteiger partial charge in [0.1, 0.15) is 0 Å². The van der Waals surface area contributed by atoms with Gasteiger partial charge in [-0.05, 0) is 19.8 Å². The normalized spacial score (nSPS) is 22.0. The number of rotatable bonds is 3. The van der Waals surface area contributed by atoms with Crippen molar-refractivity contribution in [2.75, 3.05) is 12.4 Å². The highest BCUT2D eigenvalue weighted by atomic mass is 79.9. The van der Waals surface area contributed by atoms with Gasteiger partial charge in [-0.1, -0.05) is 35.7 Å². The molecule has 1 amide bonds. The molecule has 0 aliphatic heterocycles. The monoisotopic (exact) mass is 261 g/mol. The zero-order chi connectivity index (χ0) is 10.8. The summed E-state index contributed by atoms with van der Waals surface area (Å²) in [5.74, 6) is 0.321. The van der Waals surface area contributed by atoms with Gasteiger partial charge in [0.25, 0.3) is 0 Å². The molecule has 1 aliphatic rings. The Balaban J connectivity index is 2.63. The molecule has 82 valence electrons. The predicted molar refractivity (Wildman–Crippen MR) is 62.6 cm³/mol. The second-order valence-corrected chi connectivity index (χ2v) is 5.33. The van der Waals surface area contributed by atoms with Gasteiger partial charge < -0.3 is 4.90 Å². The smallest absolute Gasteiger partial charge is 0.228 e. The first-order chi connectivity index (χ1) is 6.51. The number of carbonyl (C=O) groups excluding carboxylic acids is 1. The molecule has 0 heterocycles. The summed E-state index contributed by atoms with van der Waals surface area (Å²) < 4.78 is 0. The Morgan fingerprint density at radius 1 is 1.50 bits per heavy atom. The minimum atomic E-state index is -0.0782. The van der Waals surface area contributed by atoms with Gasteiger partial charge >= 0.3 is 0 Å². The van der Waals surface area contributed by atoms with E-state index in [1.807, 2.05) is 11.9 Å². The molecule has 0 aromatic carbocycles. The zero-order valence-corrected chi connectivity index (χ0v) is 10.9. The number of nitrogens with zero attached hydrogens (tertiary/aromatic N) is 1. The highest BCUT2D eigenvalue weighted by Crippen LogP contribution is 2.39. The lowest BCUT2D eigenvalue weighted by molar-refractivity contribution is -0.141. The Morgan fingerprint density at radius 3 is 2.43 bits per heavy atom. The Labute approximate surface area is 95.2 Å². The SMILES string of the molecule is CC(CBr)N(C)C(=O)C1(C)CCCC1. The number of hydrogen-bond donors (Lipinski definition) is 0.